The molecule has 2 N–H and O–H groups in total. The number of aliphatic hydroxyl groups excluding tert-OH is 1. The Morgan fingerprint density at radius 1 is 1.44 bits per heavy atom. The van der Waals surface area contributed by atoms with Gasteiger partial charge in [0, 0.05) is 26.1 Å². The average molecular weight is 230 g/mol. The van der Waals surface area contributed by atoms with Crippen LogP contribution in [-0.2, 0) is 9.59 Å². The summed E-state index contributed by atoms with van der Waals surface area (Å²) in [5.74, 6) is -0.342. The normalized spacial score (nSPS) is 14.1. The first-order valence-electron chi connectivity index (χ1n) is 5.48. The Bertz CT molecular complexity index is 256. The summed E-state index contributed by atoms with van der Waals surface area (Å²) in [5, 5.41) is 11.7. The number of rotatable bonds is 6. The van der Waals surface area contributed by atoms with Crippen molar-refractivity contribution in [3.63, 3.8) is 0 Å². The Morgan fingerprint density at radius 2 is 2.00 bits per heavy atom. The zero-order valence-electron chi connectivity index (χ0n) is 10.5. The topological polar surface area (TPSA) is 69.6 Å². The fraction of sp³-hybridized carbons (Fsp3) is 0.818. The molecule has 0 bridgehead atoms. The number of likely N-dealkylation sites (N-methyl/N-ethyl adjacent to an activating group) is 1. The summed E-state index contributed by atoms with van der Waals surface area (Å²) in [6.45, 7) is 5.34. The lowest BCUT2D eigenvalue weighted by atomic mass is 9.95. The first-order chi connectivity index (χ1) is 7.34. The molecule has 0 aromatic heterocycles. The van der Waals surface area contributed by atoms with E-state index < -0.39 is 5.54 Å². The predicted molar refractivity (Wildman–Crippen MR) is 61.9 cm³/mol. The summed E-state index contributed by atoms with van der Waals surface area (Å²) >= 11 is 0. The lowest BCUT2D eigenvalue weighted by molar-refractivity contribution is -0.133. The maximum atomic E-state index is 11.6. The molecular formula is C11H22N2O3. The second-order valence-electron chi connectivity index (χ2n) is 4.31. The van der Waals surface area contributed by atoms with E-state index in [1.54, 1.807) is 7.05 Å². The lowest BCUT2D eigenvalue weighted by Gasteiger charge is -2.29. The maximum absolute atomic E-state index is 11.6. The van der Waals surface area contributed by atoms with Crippen LogP contribution in [0.5, 0.6) is 0 Å². The molecule has 1 unspecified atom stereocenters. The summed E-state index contributed by atoms with van der Waals surface area (Å²) in [6.07, 6.45) is 1.25. The first kappa shape index (κ1) is 14.9. The number of carbonyl (C=O) groups excluding carboxylic acids is 2. The third-order valence-corrected chi connectivity index (χ3v) is 2.80. The molecule has 94 valence electrons. The van der Waals surface area contributed by atoms with Crippen LogP contribution in [0.25, 0.3) is 0 Å². The van der Waals surface area contributed by atoms with Crippen molar-refractivity contribution in [2.45, 2.75) is 39.2 Å². The quantitative estimate of drug-likeness (QED) is 0.681. The van der Waals surface area contributed by atoms with E-state index in [-0.39, 0.29) is 25.0 Å². The van der Waals surface area contributed by atoms with Crippen molar-refractivity contribution in [1.82, 2.24) is 10.2 Å². The van der Waals surface area contributed by atoms with Crippen LogP contribution in [0.2, 0.25) is 0 Å². The number of amides is 2. The fourth-order valence-corrected chi connectivity index (χ4v) is 1.28. The fourth-order valence-electron chi connectivity index (χ4n) is 1.28. The number of nitrogens with zero attached hydrogens (tertiary/aromatic N) is 1. The summed E-state index contributed by atoms with van der Waals surface area (Å²) in [5.41, 5.74) is -0.399. The largest absolute Gasteiger partial charge is 0.396 e. The molecule has 0 aliphatic carbocycles. The molecule has 0 aromatic carbocycles. The molecule has 2 amide bonds. The van der Waals surface area contributed by atoms with Gasteiger partial charge in [-0.05, 0) is 19.8 Å². The Kier molecular flexibility index (Phi) is 6.03. The minimum Gasteiger partial charge on any atom is -0.396 e. The van der Waals surface area contributed by atoms with Crippen molar-refractivity contribution in [3.05, 3.63) is 0 Å². The zero-order valence-corrected chi connectivity index (χ0v) is 10.5. The molecule has 0 saturated carbocycles. The average Bonchev–Trinajstić information content (AvgIpc) is 2.17. The van der Waals surface area contributed by atoms with Gasteiger partial charge in [-0.25, -0.2) is 0 Å². The molecule has 0 aliphatic heterocycles. The highest BCUT2D eigenvalue weighted by Gasteiger charge is 2.24. The molecule has 0 saturated heterocycles. The van der Waals surface area contributed by atoms with Gasteiger partial charge >= 0.3 is 0 Å². The van der Waals surface area contributed by atoms with Crippen LogP contribution in [0.15, 0.2) is 0 Å². The number of hydrogen-bond donors (Lipinski definition) is 2. The Labute approximate surface area is 96.8 Å². The van der Waals surface area contributed by atoms with E-state index in [0.717, 1.165) is 6.42 Å². The lowest BCUT2D eigenvalue weighted by Crippen LogP contribution is -2.49. The molecule has 0 rings (SSSR count). The van der Waals surface area contributed by atoms with E-state index in [1.165, 1.54) is 11.8 Å². The van der Waals surface area contributed by atoms with Gasteiger partial charge in [0.05, 0.1) is 6.54 Å². The predicted octanol–water partition coefficient (Wildman–Crippen LogP) is 0.132. The molecule has 0 heterocycles. The van der Waals surface area contributed by atoms with Gasteiger partial charge in [-0.15, -0.1) is 0 Å². The summed E-state index contributed by atoms with van der Waals surface area (Å²) in [6, 6.07) is 0. The van der Waals surface area contributed by atoms with Crippen LogP contribution in [0.1, 0.15) is 33.6 Å². The number of hydrogen-bond acceptors (Lipinski definition) is 3. The Hall–Kier alpha value is -1.10. The molecule has 5 nitrogen and oxygen atoms in total. The van der Waals surface area contributed by atoms with Crippen LogP contribution in [-0.4, -0.2) is 47.6 Å². The third kappa shape index (κ3) is 5.11. The highest BCUT2D eigenvalue weighted by molar-refractivity contribution is 5.84. The molecule has 16 heavy (non-hydrogen) atoms. The van der Waals surface area contributed by atoms with Crippen molar-refractivity contribution in [2.24, 2.45) is 0 Å². The molecule has 1 atom stereocenters. The van der Waals surface area contributed by atoms with Crippen LogP contribution < -0.4 is 5.32 Å². The van der Waals surface area contributed by atoms with Crippen LogP contribution in [0.4, 0.5) is 0 Å². The van der Waals surface area contributed by atoms with E-state index in [1.807, 2.05) is 13.8 Å². The smallest absolute Gasteiger partial charge is 0.240 e. The SMILES string of the molecule is CCC(C)(CCO)NC(=O)CN(C)C(C)=O. The van der Waals surface area contributed by atoms with Gasteiger partial charge in [-0.3, -0.25) is 9.59 Å². The number of carbonyl (C=O) groups is 2. The van der Waals surface area contributed by atoms with Crippen molar-refractivity contribution in [2.75, 3.05) is 20.2 Å². The first-order valence-corrected chi connectivity index (χ1v) is 5.48. The second-order valence-corrected chi connectivity index (χ2v) is 4.31. The summed E-state index contributed by atoms with van der Waals surface area (Å²) < 4.78 is 0. The molecule has 0 spiro atoms. The number of nitrogens with one attached hydrogen (secondary N) is 1. The Morgan fingerprint density at radius 3 is 2.38 bits per heavy atom. The van der Waals surface area contributed by atoms with Gasteiger partial charge in [0.2, 0.25) is 11.8 Å². The second kappa shape index (κ2) is 6.48. The third-order valence-electron chi connectivity index (χ3n) is 2.80. The van der Waals surface area contributed by atoms with Gasteiger partial charge in [0.15, 0.2) is 0 Å². The van der Waals surface area contributed by atoms with Crippen molar-refractivity contribution >= 4 is 11.8 Å². The molecule has 5 heteroatoms. The van der Waals surface area contributed by atoms with E-state index in [9.17, 15) is 9.59 Å². The molecule has 0 radical (unpaired) electrons. The maximum Gasteiger partial charge on any atom is 0.240 e. The van der Waals surface area contributed by atoms with E-state index in [0.29, 0.717) is 6.42 Å². The standard InChI is InChI=1S/C11H22N2O3/c1-5-11(3,6-7-14)12-10(16)8-13(4)9(2)15/h14H,5-8H2,1-4H3,(H,12,16). The van der Waals surface area contributed by atoms with E-state index >= 15 is 0 Å². The minimum absolute atomic E-state index is 0.0349. The molecule has 0 aromatic rings. The summed E-state index contributed by atoms with van der Waals surface area (Å²) in [7, 11) is 1.58. The zero-order chi connectivity index (χ0) is 12.8. The van der Waals surface area contributed by atoms with Gasteiger partial charge in [0.25, 0.3) is 0 Å². The number of aliphatic hydroxyl groups is 1. The van der Waals surface area contributed by atoms with Crippen LogP contribution >= 0.6 is 0 Å². The van der Waals surface area contributed by atoms with Crippen molar-refractivity contribution in [3.8, 4) is 0 Å². The molecule has 0 aliphatic rings. The van der Waals surface area contributed by atoms with Gasteiger partial charge < -0.3 is 15.3 Å². The van der Waals surface area contributed by atoms with Crippen molar-refractivity contribution < 1.29 is 14.7 Å². The monoisotopic (exact) mass is 230 g/mol. The van der Waals surface area contributed by atoms with Gasteiger partial charge in [-0.2, -0.15) is 0 Å². The highest BCUT2D eigenvalue weighted by Crippen LogP contribution is 2.13. The minimum atomic E-state index is -0.399. The van der Waals surface area contributed by atoms with Crippen molar-refractivity contribution in [1.29, 1.82) is 0 Å². The van der Waals surface area contributed by atoms with Crippen LogP contribution in [0, 0.1) is 0 Å². The highest BCUT2D eigenvalue weighted by atomic mass is 16.3. The van der Waals surface area contributed by atoms with E-state index in [2.05, 4.69) is 5.32 Å². The molecule has 0 fully saturated rings. The molecular weight excluding hydrogens is 208 g/mol. The van der Waals surface area contributed by atoms with Crippen LogP contribution in [0.3, 0.4) is 0 Å². The van der Waals surface area contributed by atoms with Gasteiger partial charge in [0.1, 0.15) is 0 Å². The Balaban J connectivity index is 4.26. The van der Waals surface area contributed by atoms with E-state index in [4.69, 9.17) is 5.11 Å². The summed E-state index contributed by atoms with van der Waals surface area (Å²) in [4.78, 5) is 23.9. The van der Waals surface area contributed by atoms with Gasteiger partial charge in [-0.1, -0.05) is 6.92 Å².